The number of carbonyl (C=O) groups is 1. The van der Waals surface area contributed by atoms with Crippen molar-refractivity contribution in [2.75, 3.05) is 34.0 Å². The lowest BCUT2D eigenvalue weighted by molar-refractivity contribution is -0.152. The van der Waals surface area contributed by atoms with E-state index in [1.807, 2.05) is 0 Å². The quantitative estimate of drug-likeness (QED) is 0.434. The second-order valence-electron chi connectivity index (χ2n) is 7.70. The average Bonchev–Trinajstić information content (AvgIpc) is 2.97. The van der Waals surface area contributed by atoms with Crippen LogP contribution in [0, 0.1) is 6.92 Å². The van der Waals surface area contributed by atoms with Gasteiger partial charge in [-0.25, -0.2) is 4.79 Å². The van der Waals surface area contributed by atoms with Crippen molar-refractivity contribution in [3.8, 4) is 0 Å². The SMILES string of the molecule is COCCn1c(=O)c2c(C)c(C=NCC(=O)OC(C)(C)C)sc2n(CCOC)c1=O. The Labute approximate surface area is 178 Å². The summed E-state index contributed by atoms with van der Waals surface area (Å²) in [4.78, 5) is 43.2. The van der Waals surface area contributed by atoms with Gasteiger partial charge in [0.05, 0.1) is 36.6 Å². The first-order valence-electron chi connectivity index (χ1n) is 9.57. The summed E-state index contributed by atoms with van der Waals surface area (Å²) in [5.41, 5.74) is -0.628. The molecule has 2 heterocycles. The molecule has 0 saturated carbocycles. The lowest BCUT2D eigenvalue weighted by atomic mass is 10.2. The molecule has 0 saturated heterocycles. The van der Waals surface area contributed by atoms with Crippen LogP contribution < -0.4 is 11.2 Å². The van der Waals surface area contributed by atoms with Crippen molar-refractivity contribution in [1.29, 1.82) is 0 Å². The van der Waals surface area contributed by atoms with Crippen LogP contribution in [0.2, 0.25) is 0 Å². The highest BCUT2D eigenvalue weighted by atomic mass is 32.1. The van der Waals surface area contributed by atoms with Crippen molar-refractivity contribution >= 4 is 33.7 Å². The molecule has 9 nitrogen and oxygen atoms in total. The number of nitrogens with zero attached hydrogens (tertiary/aromatic N) is 3. The van der Waals surface area contributed by atoms with Crippen LogP contribution in [0.5, 0.6) is 0 Å². The molecule has 10 heteroatoms. The zero-order valence-electron chi connectivity index (χ0n) is 18.3. The van der Waals surface area contributed by atoms with Gasteiger partial charge in [0.25, 0.3) is 5.56 Å². The molecule has 2 aromatic heterocycles. The number of aromatic nitrogens is 2. The van der Waals surface area contributed by atoms with E-state index in [1.54, 1.807) is 45.6 Å². The molecule has 2 aromatic rings. The van der Waals surface area contributed by atoms with Gasteiger partial charge in [0.15, 0.2) is 0 Å². The average molecular weight is 440 g/mol. The standard InChI is InChI=1S/C20H29N3O6S/c1-13-14(11-21-12-15(24)29-20(2,3)4)30-18-16(13)17(25)22(7-9-27-5)19(26)23(18)8-10-28-6/h11H,7-10,12H2,1-6H3. The molecule has 0 radical (unpaired) electrons. The van der Waals surface area contributed by atoms with E-state index in [0.717, 1.165) is 0 Å². The third-order valence-corrected chi connectivity index (χ3v) is 5.47. The lowest BCUT2D eigenvalue weighted by Crippen LogP contribution is -2.41. The van der Waals surface area contributed by atoms with Gasteiger partial charge in [-0.2, -0.15) is 0 Å². The fraction of sp³-hybridized carbons (Fsp3) is 0.600. The van der Waals surface area contributed by atoms with Crippen molar-refractivity contribution in [3.05, 3.63) is 31.3 Å². The first-order valence-corrected chi connectivity index (χ1v) is 10.4. The zero-order valence-corrected chi connectivity index (χ0v) is 19.1. The Morgan fingerprint density at radius 3 is 2.27 bits per heavy atom. The monoisotopic (exact) mass is 439 g/mol. The highest BCUT2D eigenvalue weighted by Gasteiger charge is 2.20. The van der Waals surface area contributed by atoms with Gasteiger partial charge in [-0.3, -0.25) is 23.7 Å². The minimum atomic E-state index is -0.579. The Hall–Kier alpha value is -2.30. The molecule has 0 fully saturated rings. The summed E-state index contributed by atoms with van der Waals surface area (Å²) in [6.07, 6.45) is 1.55. The van der Waals surface area contributed by atoms with Crippen LogP contribution in [0.3, 0.4) is 0 Å². The number of aryl methyl sites for hydroxylation is 1. The molecular weight excluding hydrogens is 410 g/mol. The van der Waals surface area contributed by atoms with Crippen molar-refractivity contribution < 1.29 is 19.0 Å². The van der Waals surface area contributed by atoms with Crippen molar-refractivity contribution in [3.63, 3.8) is 0 Å². The van der Waals surface area contributed by atoms with Crippen molar-refractivity contribution in [2.45, 2.75) is 46.4 Å². The van der Waals surface area contributed by atoms with E-state index in [-0.39, 0.29) is 25.3 Å². The number of esters is 1. The summed E-state index contributed by atoms with van der Waals surface area (Å²) in [5.74, 6) is -0.434. The Morgan fingerprint density at radius 2 is 1.70 bits per heavy atom. The highest BCUT2D eigenvalue weighted by molar-refractivity contribution is 7.20. The van der Waals surface area contributed by atoms with Crippen molar-refractivity contribution in [1.82, 2.24) is 9.13 Å². The van der Waals surface area contributed by atoms with Gasteiger partial charge in [-0.05, 0) is 33.3 Å². The maximum Gasteiger partial charge on any atom is 0.332 e. The smallest absolute Gasteiger partial charge is 0.332 e. The second kappa shape index (κ2) is 10.1. The number of methoxy groups -OCH3 is 2. The van der Waals surface area contributed by atoms with E-state index in [4.69, 9.17) is 14.2 Å². The summed E-state index contributed by atoms with van der Waals surface area (Å²) >= 11 is 1.29. The Morgan fingerprint density at radius 1 is 1.10 bits per heavy atom. The molecule has 166 valence electrons. The molecule has 0 atom stereocenters. The number of hydrogen-bond donors (Lipinski definition) is 0. The summed E-state index contributed by atoms with van der Waals surface area (Å²) in [6, 6.07) is 0. The van der Waals surface area contributed by atoms with Gasteiger partial charge in [0, 0.05) is 20.4 Å². The van der Waals surface area contributed by atoms with E-state index in [0.29, 0.717) is 33.8 Å². The first-order chi connectivity index (χ1) is 14.1. The molecule has 0 N–H and O–H groups in total. The number of fused-ring (bicyclic) bond motifs is 1. The highest BCUT2D eigenvalue weighted by Crippen LogP contribution is 2.26. The summed E-state index contributed by atoms with van der Waals surface area (Å²) in [6.45, 7) is 8.10. The third-order valence-electron chi connectivity index (χ3n) is 4.22. The molecule has 0 unspecified atom stereocenters. The van der Waals surface area contributed by atoms with Crippen LogP contribution >= 0.6 is 11.3 Å². The molecule has 0 aliphatic heterocycles. The molecule has 2 rings (SSSR count). The molecule has 0 aromatic carbocycles. The number of ether oxygens (including phenoxy) is 3. The molecule has 0 spiro atoms. The topological polar surface area (TPSA) is 101 Å². The van der Waals surface area contributed by atoms with Gasteiger partial charge in [-0.15, -0.1) is 11.3 Å². The molecule has 30 heavy (non-hydrogen) atoms. The van der Waals surface area contributed by atoms with E-state index < -0.39 is 17.3 Å². The number of carbonyl (C=O) groups excluding carboxylic acids is 1. The van der Waals surface area contributed by atoms with Gasteiger partial charge in [-0.1, -0.05) is 0 Å². The van der Waals surface area contributed by atoms with E-state index >= 15 is 0 Å². The minimum absolute atomic E-state index is 0.125. The zero-order chi connectivity index (χ0) is 22.5. The van der Waals surface area contributed by atoms with Crippen LogP contribution in [0.25, 0.3) is 10.2 Å². The number of rotatable bonds is 9. The van der Waals surface area contributed by atoms with Gasteiger partial charge in [0.1, 0.15) is 17.0 Å². The normalized spacial score (nSPS) is 12.2. The lowest BCUT2D eigenvalue weighted by Gasteiger charge is -2.18. The predicted molar refractivity (Wildman–Crippen MR) is 117 cm³/mol. The van der Waals surface area contributed by atoms with Crippen LogP contribution in [0.15, 0.2) is 14.6 Å². The summed E-state index contributed by atoms with van der Waals surface area (Å²) in [5, 5.41) is 0.463. The fourth-order valence-electron chi connectivity index (χ4n) is 2.87. The summed E-state index contributed by atoms with van der Waals surface area (Å²) in [7, 11) is 3.07. The molecule has 0 amide bonds. The maximum atomic E-state index is 13.0. The van der Waals surface area contributed by atoms with Gasteiger partial charge >= 0.3 is 11.7 Å². The molecule has 0 bridgehead atoms. The minimum Gasteiger partial charge on any atom is -0.459 e. The van der Waals surface area contributed by atoms with Gasteiger partial charge < -0.3 is 14.2 Å². The van der Waals surface area contributed by atoms with Gasteiger partial charge in [0.2, 0.25) is 0 Å². The molecule has 0 aliphatic carbocycles. The van der Waals surface area contributed by atoms with E-state index in [2.05, 4.69) is 4.99 Å². The number of thiophene rings is 1. The largest absolute Gasteiger partial charge is 0.459 e. The summed E-state index contributed by atoms with van der Waals surface area (Å²) < 4.78 is 18.1. The molecular formula is C20H29N3O6S. The number of aliphatic imine (C=N–C) groups is 1. The van der Waals surface area contributed by atoms with E-state index in [9.17, 15) is 14.4 Å². The van der Waals surface area contributed by atoms with Crippen LogP contribution in [-0.2, 0) is 32.1 Å². The first kappa shape index (κ1) is 24.0. The third kappa shape index (κ3) is 5.65. The van der Waals surface area contributed by atoms with Crippen LogP contribution in [0.4, 0.5) is 0 Å². The van der Waals surface area contributed by atoms with E-state index in [1.165, 1.54) is 23.0 Å². The number of hydrogen-bond acceptors (Lipinski definition) is 8. The fourth-order valence-corrected chi connectivity index (χ4v) is 4.08. The Balaban J connectivity index is 2.49. The predicted octanol–water partition coefficient (Wildman–Crippen LogP) is 1.59. The Kier molecular flexibility index (Phi) is 8.10. The Bertz CT molecular complexity index is 1040. The van der Waals surface area contributed by atoms with Crippen LogP contribution in [-0.4, -0.2) is 60.9 Å². The van der Waals surface area contributed by atoms with Crippen LogP contribution in [0.1, 0.15) is 31.2 Å². The van der Waals surface area contributed by atoms with Crippen molar-refractivity contribution in [2.24, 2.45) is 4.99 Å². The maximum absolute atomic E-state index is 13.0. The molecule has 0 aliphatic rings. The second-order valence-corrected chi connectivity index (χ2v) is 8.73.